The number of hydrogen-bond acceptors (Lipinski definition) is 2. The van der Waals surface area contributed by atoms with E-state index in [-0.39, 0.29) is 11.9 Å². The fourth-order valence-electron chi connectivity index (χ4n) is 2.66. The number of carbonyl (C=O) groups excluding carboxylic acids is 1. The van der Waals surface area contributed by atoms with E-state index in [2.05, 4.69) is 5.32 Å². The van der Waals surface area contributed by atoms with Gasteiger partial charge in [-0.25, -0.2) is 0 Å². The smallest absolute Gasteiger partial charge is 0.223 e. The van der Waals surface area contributed by atoms with Gasteiger partial charge in [0.1, 0.15) is 0 Å². The van der Waals surface area contributed by atoms with E-state index in [1.807, 2.05) is 6.92 Å². The number of nitrogens with one attached hydrogen (secondary N) is 1. The van der Waals surface area contributed by atoms with Gasteiger partial charge in [0.15, 0.2) is 0 Å². The Morgan fingerprint density at radius 2 is 2.07 bits per heavy atom. The van der Waals surface area contributed by atoms with Crippen LogP contribution < -0.4 is 5.32 Å². The van der Waals surface area contributed by atoms with Gasteiger partial charge in [-0.2, -0.15) is 0 Å². The molecule has 15 heavy (non-hydrogen) atoms. The molecule has 0 aliphatic heterocycles. The molecule has 0 aromatic carbocycles. The van der Waals surface area contributed by atoms with Crippen LogP contribution in [0.2, 0.25) is 0 Å². The topological polar surface area (TPSA) is 38.3 Å². The summed E-state index contributed by atoms with van der Waals surface area (Å²) in [6.45, 7) is 2.77. The summed E-state index contributed by atoms with van der Waals surface area (Å²) in [4.78, 5) is 11.8. The quantitative estimate of drug-likeness (QED) is 0.749. The van der Waals surface area contributed by atoms with Gasteiger partial charge >= 0.3 is 0 Å². The van der Waals surface area contributed by atoms with Crippen LogP contribution in [0, 0.1) is 17.8 Å². The second-order valence-electron chi connectivity index (χ2n) is 5.12. The number of ether oxygens (including phenoxy) is 1. The third-order valence-electron chi connectivity index (χ3n) is 3.76. The molecule has 1 amide bonds. The Labute approximate surface area is 91.6 Å². The van der Waals surface area contributed by atoms with Gasteiger partial charge < -0.3 is 10.1 Å². The molecule has 2 saturated carbocycles. The molecular weight excluding hydrogens is 190 g/mol. The monoisotopic (exact) mass is 211 g/mol. The number of amides is 1. The molecule has 0 bridgehead atoms. The van der Waals surface area contributed by atoms with E-state index in [1.54, 1.807) is 7.11 Å². The minimum Gasteiger partial charge on any atom is -0.385 e. The molecule has 2 aliphatic rings. The largest absolute Gasteiger partial charge is 0.385 e. The Hall–Kier alpha value is -0.570. The normalized spacial score (nSPS) is 34.7. The summed E-state index contributed by atoms with van der Waals surface area (Å²) in [5.41, 5.74) is 0. The highest BCUT2D eigenvalue weighted by Crippen LogP contribution is 2.54. The molecule has 2 rings (SSSR count). The molecule has 2 aliphatic carbocycles. The van der Waals surface area contributed by atoms with Crippen LogP contribution >= 0.6 is 0 Å². The molecular formula is C12H21NO2. The van der Waals surface area contributed by atoms with Crippen LogP contribution in [-0.2, 0) is 9.53 Å². The van der Waals surface area contributed by atoms with Gasteiger partial charge in [0.05, 0.1) is 0 Å². The Morgan fingerprint density at radius 1 is 1.40 bits per heavy atom. The van der Waals surface area contributed by atoms with Crippen molar-refractivity contribution >= 4 is 5.91 Å². The molecule has 0 radical (unpaired) electrons. The molecule has 0 saturated heterocycles. The lowest BCUT2D eigenvalue weighted by molar-refractivity contribution is -0.125. The van der Waals surface area contributed by atoms with Crippen molar-refractivity contribution in [3.63, 3.8) is 0 Å². The van der Waals surface area contributed by atoms with Gasteiger partial charge in [0.25, 0.3) is 0 Å². The Bertz CT molecular complexity index is 232. The third kappa shape index (κ3) is 2.71. The Balaban J connectivity index is 1.67. The highest BCUT2D eigenvalue weighted by atomic mass is 16.5. The van der Waals surface area contributed by atoms with Gasteiger partial charge in [-0.3, -0.25) is 4.79 Å². The molecule has 3 nitrogen and oxygen atoms in total. The van der Waals surface area contributed by atoms with Crippen molar-refractivity contribution in [2.24, 2.45) is 17.8 Å². The highest BCUT2D eigenvalue weighted by molar-refractivity contribution is 5.79. The minimum absolute atomic E-state index is 0.245. The molecule has 86 valence electrons. The van der Waals surface area contributed by atoms with Gasteiger partial charge in [0, 0.05) is 25.7 Å². The maximum absolute atomic E-state index is 11.8. The molecule has 2 fully saturated rings. The van der Waals surface area contributed by atoms with E-state index in [1.165, 1.54) is 6.42 Å². The van der Waals surface area contributed by atoms with Crippen molar-refractivity contribution < 1.29 is 9.53 Å². The predicted octanol–water partition coefficient (Wildman–Crippen LogP) is 1.57. The maximum Gasteiger partial charge on any atom is 0.223 e. The summed E-state index contributed by atoms with van der Waals surface area (Å²) >= 11 is 0. The van der Waals surface area contributed by atoms with Crippen molar-refractivity contribution in [1.82, 2.24) is 5.32 Å². The maximum atomic E-state index is 11.8. The van der Waals surface area contributed by atoms with Crippen molar-refractivity contribution in [2.45, 2.75) is 38.6 Å². The fourth-order valence-corrected chi connectivity index (χ4v) is 2.66. The van der Waals surface area contributed by atoms with Gasteiger partial charge in [-0.15, -0.1) is 0 Å². The second kappa shape index (κ2) is 4.52. The molecule has 3 unspecified atom stereocenters. The van der Waals surface area contributed by atoms with E-state index in [4.69, 9.17) is 4.74 Å². The number of rotatable bonds is 5. The minimum atomic E-state index is 0.245. The lowest BCUT2D eigenvalue weighted by atomic mass is 10.0. The van der Waals surface area contributed by atoms with Gasteiger partial charge in [0.2, 0.25) is 5.91 Å². The van der Waals surface area contributed by atoms with Crippen LogP contribution in [0.3, 0.4) is 0 Å². The fraction of sp³-hybridized carbons (Fsp3) is 0.917. The van der Waals surface area contributed by atoms with E-state index in [9.17, 15) is 4.79 Å². The first kappa shape index (κ1) is 10.9. The van der Waals surface area contributed by atoms with Crippen LogP contribution in [0.1, 0.15) is 32.6 Å². The SMILES string of the molecule is COCCC(C)NC(=O)C1CC2CC2C1. The molecule has 3 heteroatoms. The van der Waals surface area contributed by atoms with E-state index < -0.39 is 0 Å². The van der Waals surface area contributed by atoms with Crippen molar-refractivity contribution in [1.29, 1.82) is 0 Å². The first-order chi connectivity index (χ1) is 7.20. The summed E-state index contributed by atoms with van der Waals surface area (Å²) in [5.74, 6) is 2.34. The average Bonchev–Trinajstić information content (AvgIpc) is 2.82. The standard InChI is InChI=1S/C12H21NO2/c1-8(3-4-15-2)13-12(14)11-6-9-5-10(9)7-11/h8-11H,3-7H2,1-2H3,(H,13,14). The highest BCUT2D eigenvalue weighted by Gasteiger charge is 2.47. The van der Waals surface area contributed by atoms with Gasteiger partial charge in [-0.05, 0) is 44.4 Å². The van der Waals surface area contributed by atoms with Crippen LogP contribution in [0.5, 0.6) is 0 Å². The summed E-state index contributed by atoms with van der Waals surface area (Å²) in [5, 5.41) is 3.08. The predicted molar refractivity (Wildman–Crippen MR) is 58.4 cm³/mol. The van der Waals surface area contributed by atoms with Crippen molar-refractivity contribution in [3.05, 3.63) is 0 Å². The number of carbonyl (C=O) groups is 1. The van der Waals surface area contributed by atoms with E-state index in [0.29, 0.717) is 5.92 Å². The van der Waals surface area contributed by atoms with E-state index in [0.717, 1.165) is 37.7 Å². The second-order valence-corrected chi connectivity index (χ2v) is 5.12. The summed E-state index contributed by atoms with van der Waals surface area (Å²) in [7, 11) is 1.69. The van der Waals surface area contributed by atoms with Crippen LogP contribution in [0.4, 0.5) is 0 Å². The zero-order chi connectivity index (χ0) is 10.8. The van der Waals surface area contributed by atoms with Gasteiger partial charge in [-0.1, -0.05) is 0 Å². The molecule has 3 atom stereocenters. The third-order valence-corrected chi connectivity index (χ3v) is 3.76. The van der Waals surface area contributed by atoms with Crippen LogP contribution in [-0.4, -0.2) is 25.7 Å². The number of methoxy groups -OCH3 is 1. The van der Waals surface area contributed by atoms with Crippen LogP contribution in [0.25, 0.3) is 0 Å². The van der Waals surface area contributed by atoms with E-state index >= 15 is 0 Å². The zero-order valence-electron chi connectivity index (χ0n) is 9.66. The molecule has 0 heterocycles. The molecule has 0 aromatic heterocycles. The van der Waals surface area contributed by atoms with Crippen molar-refractivity contribution in [2.75, 3.05) is 13.7 Å². The Morgan fingerprint density at radius 3 is 2.67 bits per heavy atom. The van der Waals surface area contributed by atoms with Crippen LogP contribution in [0.15, 0.2) is 0 Å². The molecule has 0 spiro atoms. The first-order valence-electron chi connectivity index (χ1n) is 6.00. The lowest BCUT2D eigenvalue weighted by Crippen LogP contribution is -2.37. The summed E-state index contributed by atoms with van der Waals surface area (Å²) in [6.07, 6.45) is 4.55. The summed E-state index contributed by atoms with van der Waals surface area (Å²) in [6, 6.07) is 0.245. The number of hydrogen-bond donors (Lipinski definition) is 1. The number of fused-ring (bicyclic) bond motifs is 1. The lowest BCUT2D eigenvalue weighted by Gasteiger charge is -2.17. The van der Waals surface area contributed by atoms with Crippen molar-refractivity contribution in [3.8, 4) is 0 Å². The molecule has 0 aromatic rings. The Kier molecular flexibility index (Phi) is 3.29. The zero-order valence-corrected chi connectivity index (χ0v) is 9.66. The summed E-state index contributed by atoms with van der Waals surface area (Å²) < 4.78 is 4.99. The average molecular weight is 211 g/mol. The molecule has 1 N–H and O–H groups in total. The first-order valence-corrected chi connectivity index (χ1v) is 6.00.